The maximum atomic E-state index is 7.46. The minimum atomic E-state index is 0.0379. The molecule has 6 N–H and O–H groups in total. The average Bonchev–Trinajstić information content (AvgIpc) is 3.10. The normalized spacial score (nSPS) is 11.0. The first-order valence-corrected chi connectivity index (χ1v) is 10.2. The molecule has 6 heteroatoms. The van der Waals surface area contributed by atoms with E-state index in [4.69, 9.17) is 33.2 Å². The number of hydrogen-bond donors (Lipinski definition) is 4. The lowest BCUT2D eigenvalue weighted by molar-refractivity contribution is 0.483. The van der Waals surface area contributed by atoms with E-state index in [1.54, 1.807) is 24.3 Å². The molecular weight excluding hydrogens is 396 g/mol. The Morgan fingerprint density at radius 3 is 2.27 bits per heavy atom. The Bertz CT molecular complexity index is 1180. The number of benzene rings is 3. The molecule has 1 heterocycles. The molecule has 30 heavy (non-hydrogen) atoms. The fourth-order valence-corrected chi connectivity index (χ4v) is 3.71. The number of fused-ring (bicyclic) bond motifs is 1. The van der Waals surface area contributed by atoms with E-state index >= 15 is 0 Å². The van der Waals surface area contributed by atoms with Gasteiger partial charge in [0.15, 0.2) is 0 Å². The molecule has 0 fully saturated rings. The number of H-pyrrole nitrogens is 1. The largest absolute Gasteiger partial charge is 0.457 e. The van der Waals surface area contributed by atoms with Gasteiger partial charge in [-0.05, 0) is 91.2 Å². The van der Waals surface area contributed by atoms with Crippen LogP contribution in [0.2, 0.25) is 5.02 Å². The van der Waals surface area contributed by atoms with Crippen LogP contribution in [0.25, 0.3) is 22.2 Å². The topological polar surface area (TPSA) is 101 Å². The second kappa shape index (κ2) is 8.61. The summed E-state index contributed by atoms with van der Waals surface area (Å²) in [7, 11) is 0. The molecule has 4 rings (SSSR count). The van der Waals surface area contributed by atoms with Gasteiger partial charge in [0.2, 0.25) is 0 Å². The third kappa shape index (κ3) is 4.17. The van der Waals surface area contributed by atoms with Crippen LogP contribution in [0.15, 0.2) is 66.7 Å². The van der Waals surface area contributed by atoms with Gasteiger partial charge in [0, 0.05) is 27.2 Å². The highest BCUT2D eigenvalue weighted by Crippen LogP contribution is 2.34. The molecule has 0 aliphatic heterocycles. The highest BCUT2D eigenvalue weighted by molar-refractivity contribution is 6.31. The van der Waals surface area contributed by atoms with Crippen LogP contribution < -0.4 is 16.2 Å². The standard InChI is InChI=1S/C24H23ClN4O/c25-17-7-12-20-21(2-1-13-26)23(29-22(20)14-17)15-3-8-18(9-4-15)30-19-10-5-16(6-11-19)24(27)28/h3-12,14,29H,1-2,13,26H2,(H3,27,28). The number of nitrogens with one attached hydrogen (secondary N) is 2. The number of nitrogen functional groups attached to an aromatic ring is 1. The average molecular weight is 419 g/mol. The summed E-state index contributed by atoms with van der Waals surface area (Å²) >= 11 is 6.18. The number of nitrogens with two attached hydrogens (primary N) is 2. The Labute approximate surface area is 180 Å². The Morgan fingerprint density at radius 1 is 0.967 bits per heavy atom. The number of aromatic amines is 1. The number of hydrogen-bond acceptors (Lipinski definition) is 3. The molecule has 0 atom stereocenters. The van der Waals surface area contributed by atoms with Crippen LogP contribution in [0, 0.1) is 5.41 Å². The Balaban J connectivity index is 1.61. The van der Waals surface area contributed by atoms with E-state index in [1.807, 2.05) is 36.4 Å². The number of aromatic nitrogens is 1. The molecule has 0 amide bonds. The molecule has 1 aromatic heterocycles. The van der Waals surface area contributed by atoms with Gasteiger partial charge in [-0.15, -0.1) is 0 Å². The predicted molar refractivity (Wildman–Crippen MR) is 124 cm³/mol. The molecule has 0 spiro atoms. The molecule has 0 bridgehead atoms. The Morgan fingerprint density at radius 2 is 1.63 bits per heavy atom. The monoisotopic (exact) mass is 418 g/mol. The van der Waals surface area contributed by atoms with E-state index in [9.17, 15) is 0 Å². The molecule has 0 aliphatic carbocycles. The fraction of sp³-hybridized carbons (Fsp3) is 0.125. The molecule has 0 aliphatic rings. The van der Waals surface area contributed by atoms with Crippen LogP contribution in [-0.2, 0) is 6.42 Å². The second-order valence-electron chi connectivity index (χ2n) is 7.13. The van der Waals surface area contributed by atoms with Gasteiger partial charge in [-0.2, -0.15) is 0 Å². The number of amidine groups is 1. The summed E-state index contributed by atoms with van der Waals surface area (Å²) in [5, 5.41) is 9.35. The van der Waals surface area contributed by atoms with Crippen molar-refractivity contribution in [1.82, 2.24) is 4.98 Å². The lowest BCUT2D eigenvalue weighted by Gasteiger charge is -2.09. The smallest absolute Gasteiger partial charge is 0.127 e. The number of aryl methyl sites for hydroxylation is 1. The van der Waals surface area contributed by atoms with Crippen molar-refractivity contribution < 1.29 is 4.74 Å². The van der Waals surface area contributed by atoms with Crippen molar-refractivity contribution in [3.05, 3.63) is 82.9 Å². The first-order valence-electron chi connectivity index (χ1n) is 9.78. The van der Waals surface area contributed by atoms with Gasteiger partial charge in [0.25, 0.3) is 0 Å². The van der Waals surface area contributed by atoms with Gasteiger partial charge in [0.1, 0.15) is 17.3 Å². The highest BCUT2D eigenvalue weighted by Gasteiger charge is 2.13. The van der Waals surface area contributed by atoms with Crippen LogP contribution >= 0.6 is 11.6 Å². The SMILES string of the molecule is N=C(N)c1ccc(Oc2ccc(-c3[nH]c4cc(Cl)ccc4c3CCCN)cc2)cc1. The zero-order valence-corrected chi connectivity index (χ0v) is 17.2. The Hall–Kier alpha value is -3.28. The molecule has 0 radical (unpaired) electrons. The summed E-state index contributed by atoms with van der Waals surface area (Å²) in [5.41, 5.74) is 16.3. The van der Waals surface area contributed by atoms with Crippen molar-refractivity contribution in [3.63, 3.8) is 0 Å². The van der Waals surface area contributed by atoms with Gasteiger partial charge in [-0.3, -0.25) is 5.41 Å². The van der Waals surface area contributed by atoms with Gasteiger partial charge in [-0.1, -0.05) is 17.7 Å². The Kier molecular flexibility index (Phi) is 5.74. The van der Waals surface area contributed by atoms with E-state index in [0.717, 1.165) is 35.4 Å². The zero-order chi connectivity index (χ0) is 21.1. The first kappa shape index (κ1) is 20.0. The third-order valence-electron chi connectivity index (χ3n) is 5.04. The fourth-order valence-electron chi connectivity index (χ4n) is 3.54. The van der Waals surface area contributed by atoms with E-state index in [0.29, 0.717) is 22.9 Å². The number of halogens is 1. The van der Waals surface area contributed by atoms with Crippen molar-refractivity contribution in [2.45, 2.75) is 12.8 Å². The van der Waals surface area contributed by atoms with Crippen molar-refractivity contribution in [3.8, 4) is 22.8 Å². The van der Waals surface area contributed by atoms with Gasteiger partial charge in [0.05, 0.1) is 0 Å². The molecular formula is C24H23ClN4O. The lowest BCUT2D eigenvalue weighted by Crippen LogP contribution is -2.10. The molecule has 5 nitrogen and oxygen atoms in total. The number of rotatable bonds is 7. The molecule has 4 aromatic rings. The third-order valence-corrected chi connectivity index (χ3v) is 5.28. The van der Waals surface area contributed by atoms with Crippen molar-refractivity contribution >= 4 is 28.3 Å². The van der Waals surface area contributed by atoms with E-state index in [2.05, 4.69) is 11.1 Å². The highest BCUT2D eigenvalue weighted by atomic mass is 35.5. The molecule has 0 saturated carbocycles. The summed E-state index contributed by atoms with van der Waals surface area (Å²) < 4.78 is 5.92. The first-order chi connectivity index (χ1) is 14.5. The summed E-state index contributed by atoms with van der Waals surface area (Å²) in [6.07, 6.45) is 1.81. The van der Waals surface area contributed by atoms with E-state index in [1.165, 1.54) is 10.9 Å². The minimum Gasteiger partial charge on any atom is -0.457 e. The van der Waals surface area contributed by atoms with Crippen LogP contribution in [0.3, 0.4) is 0 Å². The molecule has 152 valence electrons. The van der Waals surface area contributed by atoms with Crippen molar-refractivity contribution in [2.24, 2.45) is 11.5 Å². The molecule has 0 unspecified atom stereocenters. The van der Waals surface area contributed by atoms with E-state index < -0.39 is 0 Å². The van der Waals surface area contributed by atoms with Crippen molar-refractivity contribution in [1.29, 1.82) is 5.41 Å². The summed E-state index contributed by atoms with van der Waals surface area (Å²) in [6, 6.07) is 21.0. The second-order valence-corrected chi connectivity index (χ2v) is 7.56. The van der Waals surface area contributed by atoms with Crippen LogP contribution in [0.5, 0.6) is 11.5 Å². The minimum absolute atomic E-state index is 0.0379. The predicted octanol–water partition coefficient (Wildman–Crippen LogP) is 5.46. The summed E-state index contributed by atoms with van der Waals surface area (Å²) in [6.45, 7) is 0.648. The summed E-state index contributed by atoms with van der Waals surface area (Å²) in [5.74, 6) is 1.46. The molecule has 3 aromatic carbocycles. The summed E-state index contributed by atoms with van der Waals surface area (Å²) in [4.78, 5) is 3.52. The van der Waals surface area contributed by atoms with Crippen LogP contribution in [0.1, 0.15) is 17.5 Å². The van der Waals surface area contributed by atoms with Crippen molar-refractivity contribution in [2.75, 3.05) is 6.54 Å². The number of ether oxygens (including phenoxy) is 1. The van der Waals surface area contributed by atoms with Gasteiger partial charge < -0.3 is 21.2 Å². The quantitative estimate of drug-likeness (QED) is 0.237. The maximum absolute atomic E-state index is 7.46. The van der Waals surface area contributed by atoms with Crippen LogP contribution in [-0.4, -0.2) is 17.4 Å². The zero-order valence-electron chi connectivity index (χ0n) is 16.4. The molecule has 0 saturated heterocycles. The van der Waals surface area contributed by atoms with Gasteiger partial charge in [-0.25, -0.2) is 0 Å². The van der Waals surface area contributed by atoms with Crippen LogP contribution in [0.4, 0.5) is 0 Å². The lowest BCUT2D eigenvalue weighted by atomic mass is 10.0. The van der Waals surface area contributed by atoms with E-state index in [-0.39, 0.29) is 5.84 Å². The maximum Gasteiger partial charge on any atom is 0.127 e. The van der Waals surface area contributed by atoms with Gasteiger partial charge >= 0.3 is 0 Å².